The first kappa shape index (κ1) is 48.7. The van der Waals surface area contributed by atoms with Gasteiger partial charge >= 0.3 is 0 Å². The summed E-state index contributed by atoms with van der Waals surface area (Å²) in [5.41, 5.74) is 8.26. The summed E-state index contributed by atoms with van der Waals surface area (Å²) in [6, 6.07) is 15.9. The quantitative estimate of drug-likeness (QED) is 0.111. The Morgan fingerprint density at radius 3 is 1.52 bits per heavy atom. The third-order valence-electron chi connectivity index (χ3n) is 14.3. The lowest BCUT2D eigenvalue weighted by Gasteiger charge is -2.50. The van der Waals surface area contributed by atoms with E-state index in [2.05, 4.69) is 97.1 Å². The van der Waals surface area contributed by atoms with Crippen LogP contribution in [0.5, 0.6) is 0 Å². The maximum Gasteiger partial charge on any atom is 0.185 e. The van der Waals surface area contributed by atoms with E-state index in [4.69, 9.17) is 0 Å². The highest BCUT2D eigenvalue weighted by Gasteiger charge is 2.71. The molecule has 3 aliphatic carbocycles. The molecule has 1 saturated carbocycles. The molecular formula is C57H74O4S. The second-order valence-corrected chi connectivity index (χ2v) is 21.3. The zero-order valence-electron chi connectivity index (χ0n) is 39.4. The lowest BCUT2D eigenvalue weighted by Crippen LogP contribution is -2.56. The predicted octanol–water partition coefficient (Wildman–Crippen LogP) is 15.4. The van der Waals surface area contributed by atoms with E-state index in [1.54, 1.807) is 36.4 Å². The highest BCUT2D eigenvalue weighted by Crippen LogP contribution is 2.69. The number of hydrogen-bond acceptors (Lipinski definition) is 4. The largest absolute Gasteiger partial charge is 0.293 e. The molecule has 5 heteroatoms. The summed E-state index contributed by atoms with van der Waals surface area (Å²) in [4.78, 5) is 29.1. The first-order valence-corrected chi connectivity index (χ1v) is 24.8. The van der Waals surface area contributed by atoms with E-state index < -0.39 is 25.9 Å². The van der Waals surface area contributed by atoms with Crippen LogP contribution in [-0.4, -0.2) is 25.2 Å². The highest BCUT2D eigenvalue weighted by molar-refractivity contribution is 7.92. The molecule has 5 rings (SSSR count). The number of rotatable bonds is 22. The molecule has 5 unspecified atom stereocenters. The Kier molecular flexibility index (Phi) is 17.1. The van der Waals surface area contributed by atoms with Gasteiger partial charge in [0, 0.05) is 11.1 Å². The number of carbonyl (C=O) groups is 2. The molecule has 0 N–H and O–H groups in total. The molecule has 0 radical (unpaired) electrons. The molecule has 3 aliphatic rings. The van der Waals surface area contributed by atoms with Crippen molar-refractivity contribution in [3.8, 4) is 0 Å². The predicted molar refractivity (Wildman–Crippen MR) is 261 cm³/mol. The summed E-state index contributed by atoms with van der Waals surface area (Å²) >= 11 is 0. The number of ketones is 2. The third kappa shape index (κ3) is 11.2. The summed E-state index contributed by atoms with van der Waals surface area (Å²) in [5.74, 6) is -0.0432. The molecular weight excluding hydrogens is 781 g/mol. The lowest BCUT2D eigenvalue weighted by molar-refractivity contribution is 0.0242. The van der Waals surface area contributed by atoms with Crippen LogP contribution in [0.1, 0.15) is 167 Å². The topological polar surface area (TPSA) is 68.3 Å². The Balaban J connectivity index is 1.18. The van der Waals surface area contributed by atoms with E-state index >= 15 is 0 Å². The molecule has 2 bridgehead atoms. The van der Waals surface area contributed by atoms with Gasteiger partial charge in [-0.1, -0.05) is 143 Å². The van der Waals surface area contributed by atoms with Gasteiger partial charge in [0.1, 0.15) is 0 Å². The van der Waals surface area contributed by atoms with Gasteiger partial charge in [-0.25, -0.2) is 8.42 Å². The summed E-state index contributed by atoms with van der Waals surface area (Å²) < 4.78 is 28.7. The van der Waals surface area contributed by atoms with Crippen LogP contribution in [-0.2, 0) is 9.84 Å². The van der Waals surface area contributed by atoms with Crippen molar-refractivity contribution in [2.75, 3.05) is 0 Å². The first-order chi connectivity index (χ1) is 29.5. The minimum Gasteiger partial charge on any atom is -0.293 e. The van der Waals surface area contributed by atoms with Crippen LogP contribution in [0.25, 0.3) is 0 Å². The van der Waals surface area contributed by atoms with Crippen molar-refractivity contribution < 1.29 is 18.0 Å². The molecule has 1 fully saturated rings. The van der Waals surface area contributed by atoms with Crippen LogP contribution >= 0.6 is 0 Å². The van der Waals surface area contributed by atoms with Crippen LogP contribution in [0.2, 0.25) is 0 Å². The number of hydrogen-bond donors (Lipinski definition) is 0. The summed E-state index contributed by atoms with van der Waals surface area (Å²) in [6.45, 7) is 19.3. The molecule has 2 aromatic rings. The van der Waals surface area contributed by atoms with Crippen LogP contribution in [0, 0.1) is 22.7 Å². The maximum atomic E-state index is 14.6. The molecule has 0 amide bonds. The number of allylic oxidation sites excluding steroid dienone is 15. The summed E-state index contributed by atoms with van der Waals surface area (Å²) in [6.07, 6.45) is 32.2. The fourth-order valence-corrected chi connectivity index (χ4v) is 12.0. The Labute approximate surface area is 375 Å². The normalized spacial score (nSPS) is 23.8. The zero-order valence-corrected chi connectivity index (χ0v) is 40.2. The second kappa shape index (κ2) is 21.8. The number of carbonyl (C=O) groups excluding carboxylic acids is 2. The fraction of sp³-hybridized carbons (Fsp3) is 0.474. The van der Waals surface area contributed by atoms with Gasteiger partial charge in [-0.15, -0.1) is 0 Å². The third-order valence-corrected chi connectivity index (χ3v) is 16.5. The smallest absolute Gasteiger partial charge is 0.185 e. The molecule has 2 aromatic carbocycles. The van der Waals surface area contributed by atoms with E-state index in [9.17, 15) is 18.0 Å². The van der Waals surface area contributed by atoms with Crippen molar-refractivity contribution in [2.24, 2.45) is 22.7 Å². The van der Waals surface area contributed by atoms with E-state index in [0.717, 1.165) is 81.8 Å². The number of benzene rings is 2. The lowest BCUT2D eigenvalue weighted by atomic mass is 9.49. The van der Waals surface area contributed by atoms with Gasteiger partial charge in [0.05, 0.1) is 21.0 Å². The Morgan fingerprint density at radius 2 is 1.02 bits per heavy atom. The van der Waals surface area contributed by atoms with Gasteiger partial charge in [-0.05, 0) is 163 Å². The van der Waals surface area contributed by atoms with Gasteiger partial charge in [0.2, 0.25) is 0 Å². The van der Waals surface area contributed by atoms with Crippen molar-refractivity contribution in [3.05, 3.63) is 159 Å². The Hall–Kier alpha value is -4.35. The minimum absolute atomic E-state index is 0.0119. The number of sulfone groups is 1. The fourth-order valence-electron chi connectivity index (χ4n) is 10.2. The Morgan fingerprint density at radius 1 is 0.581 bits per heavy atom. The highest BCUT2D eigenvalue weighted by atomic mass is 32.2. The van der Waals surface area contributed by atoms with E-state index in [-0.39, 0.29) is 23.4 Å². The molecule has 4 nitrogen and oxygen atoms in total. The van der Waals surface area contributed by atoms with Gasteiger partial charge in [0.15, 0.2) is 21.4 Å². The van der Waals surface area contributed by atoms with Crippen molar-refractivity contribution >= 4 is 21.4 Å². The standard InChI is InChI=1S/C57H74O4S/c1-41(2)20-15-21-42(3)22-16-23-43(4)24-17-25-44(5)26-18-27-45(6)28-19-29-46(7)34-37-53(62(60,61)50-30-11-10-12-31-50)47(8)38-39-57-49-36-35-48(40-49)56(57,9)54(58)51-32-13-14-33-52(51)55(57)59/h10-14,20,22,24,26,28,30-36,38,48-49,53H,15-19,21,23,25,27,29,37,39-40H2,1-9H3/b42-22+,43-24+,44-26+,45-28+,46-34+,47-38+. The molecule has 5 atom stereocenters. The summed E-state index contributed by atoms with van der Waals surface area (Å²) in [5, 5.41) is -0.793. The van der Waals surface area contributed by atoms with Crippen LogP contribution < -0.4 is 0 Å². The molecule has 0 heterocycles. The molecule has 0 aromatic heterocycles. The maximum absolute atomic E-state index is 14.6. The molecule has 62 heavy (non-hydrogen) atoms. The average molecular weight is 855 g/mol. The first-order valence-electron chi connectivity index (χ1n) is 23.3. The second-order valence-electron chi connectivity index (χ2n) is 19.2. The van der Waals surface area contributed by atoms with Crippen LogP contribution in [0.15, 0.2) is 153 Å². The monoisotopic (exact) mass is 855 g/mol. The van der Waals surface area contributed by atoms with Crippen molar-refractivity contribution in [1.82, 2.24) is 0 Å². The number of Topliss-reactive ketones (excluding diaryl/α,β-unsaturated/α-hetero) is 2. The molecule has 0 saturated heterocycles. The average Bonchev–Trinajstić information content (AvgIpc) is 3.83. The minimum atomic E-state index is -3.75. The SMILES string of the molecule is CC(C)=CCC/C(C)=C/CC/C(C)=C/CC/C(C)=C/CC/C(C)=C/CC/C(C)=C/CC(/C(C)=C/CC12C(=O)c3ccccc3C(=O)C1(C)C1C=CC2C1)S(=O)(=O)c1ccccc1. The molecule has 0 spiro atoms. The van der Waals surface area contributed by atoms with E-state index in [0.29, 0.717) is 28.9 Å². The van der Waals surface area contributed by atoms with Gasteiger partial charge < -0.3 is 0 Å². The molecule has 332 valence electrons. The molecule has 0 aliphatic heterocycles. The van der Waals surface area contributed by atoms with Crippen molar-refractivity contribution in [1.29, 1.82) is 0 Å². The number of fused-ring (bicyclic) bond motifs is 6. The summed E-state index contributed by atoms with van der Waals surface area (Å²) in [7, 11) is -3.75. The van der Waals surface area contributed by atoms with Crippen molar-refractivity contribution in [2.45, 2.75) is 156 Å². The van der Waals surface area contributed by atoms with E-state index in [1.807, 2.05) is 38.1 Å². The van der Waals surface area contributed by atoms with E-state index in [1.165, 1.54) is 27.9 Å². The van der Waals surface area contributed by atoms with Crippen LogP contribution in [0.3, 0.4) is 0 Å². The zero-order chi connectivity index (χ0) is 45.1. The Bertz CT molecular complexity index is 2290. The van der Waals surface area contributed by atoms with Gasteiger partial charge in [-0.2, -0.15) is 0 Å². The van der Waals surface area contributed by atoms with Crippen LogP contribution in [0.4, 0.5) is 0 Å². The van der Waals surface area contributed by atoms with Gasteiger partial charge in [0.25, 0.3) is 0 Å². The van der Waals surface area contributed by atoms with Gasteiger partial charge in [-0.3, -0.25) is 9.59 Å². The van der Waals surface area contributed by atoms with Crippen molar-refractivity contribution in [3.63, 3.8) is 0 Å².